The van der Waals surface area contributed by atoms with E-state index in [1.165, 1.54) is 11.6 Å². The fourth-order valence-electron chi connectivity index (χ4n) is 3.11. The van der Waals surface area contributed by atoms with Gasteiger partial charge in [-0.1, -0.05) is 54.1 Å². The van der Waals surface area contributed by atoms with Crippen molar-refractivity contribution in [1.82, 2.24) is 0 Å². The molecule has 3 aromatic rings. The van der Waals surface area contributed by atoms with Crippen molar-refractivity contribution in [3.05, 3.63) is 99.8 Å². The van der Waals surface area contributed by atoms with Gasteiger partial charge in [0.25, 0.3) is 0 Å². The smallest absolute Gasteiger partial charge is 0.231 e. The molecule has 0 spiro atoms. The van der Waals surface area contributed by atoms with E-state index in [4.69, 9.17) is 11.6 Å². The summed E-state index contributed by atoms with van der Waals surface area (Å²) >= 11 is 5.84. The molecule has 0 saturated carbocycles. The standard InChI is InChI=1S/C24H23ClFNO/c1-17-8-11-22(14-18(17)2)27(24(28)15-19-6-4-3-5-7-19)13-12-20-9-10-21(25)16-23(20)26/h3-11,14,16H,12-13,15H2,1-2H3. The van der Waals surface area contributed by atoms with Crippen LogP contribution in [-0.2, 0) is 17.6 Å². The Balaban J connectivity index is 1.85. The zero-order valence-corrected chi connectivity index (χ0v) is 16.8. The highest BCUT2D eigenvalue weighted by molar-refractivity contribution is 6.30. The summed E-state index contributed by atoms with van der Waals surface area (Å²) in [5, 5.41) is 0.368. The second-order valence-corrected chi connectivity index (χ2v) is 7.40. The molecule has 0 bridgehead atoms. The zero-order chi connectivity index (χ0) is 20.1. The van der Waals surface area contributed by atoms with Gasteiger partial charge in [-0.3, -0.25) is 4.79 Å². The fourth-order valence-corrected chi connectivity index (χ4v) is 3.27. The van der Waals surface area contributed by atoms with Crippen LogP contribution in [0.15, 0.2) is 66.7 Å². The highest BCUT2D eigenvalue weighted by atomic mass is 35.5. The largest absolute Gasteiger partial charge is 0.312 e. The summed E-state index contributed by atoms with van der Waals surface area (Å²) < 4.78 is 14.2. The summed E-state index contributed by atoms with van der Waals surface area (Å²) in [4.78, 5) is 14.8. The lowest BCUT2D eigenvalue weighted by Crippen LogP contribution is -2.34. The number of anilines is 1. The minimum absolute atomic E-state index is 0.0103. The fraction of sp³-hybridized carbons (Fsp3) is 0.208. The summed E-state index contributed by atoms with van der Waals surface area (Å²) in [6, 6.07) is 20.3. The van der Waals surface area contributed by atoms with Crippen LogP contribution in [0.3, 0.4) is 0 Å². The Labute approximate surface area is 170 Å². The number of carbonyl (C=O) groups is 1. The molecule has 0 N–H and O–H groups in total. The minimum atomic E-state index is -0.344. The Morgan fingerprint density at radius 2 is 1.71 bits per heavy atom. The maximum atomic E-state index is 14.2. The van der Waals surface area contributed by atoms with Crippen LogP contribution >= 0.6 is 11.6 Å². The summed E-state index contributed by atoms with van der Waals surface area (Å²) in [7, 11) is 0. The van der Waals surface area contributed by atoms with Gasteiger partial charge in [0, 0.05) is 17.3 Å². The normalized spacial score (nSPS) is 10.7. The van der Waals surface area contributed by atoms with Gasteiger partial charge in [-0.2, -0.15) is 0 Å². The van der Waals surface area contributed by atoms with Crippen molar-refractivity contribution in [3.8, 4) is 0 Å². The Kier molecular flexibility index (Phi) is 6.48. The lowest BCUT2D eigenvalue weighted by molar-refractivity contribution is -0.118. The molecule has 0 aromatic heterocycles. The maximum Gasteiger partial charge on any atom is 0.231 e. The van der Waals surface area contributed by atoms with Crippen molar-refractivity contribution in [2.75, 3.05) is 11.4 Å². The van der Waals surface area contributed by atoms with Gasteiger partial charge >= 0.3 is 0 Å². The molecule has 4 heteroatoms. The van der Waals surface area contributed by atoms with Gasteiger partial charge in [-0.05, 0) is 66.8 Å². The van der Waals surface area contributed by atoms with Gasteiger partial charge in [-0.15, -0.1) is 0 Å². The Morgan fingerprint density at radius 1 is 0.964 bits per heavy atom. The van der Waals surface area contributed by atoms with E-state index < -0.39 is 0 Å². The van der Waals surface area contributed by atoms with Crippen LogP contribution in [0.2, 0.25) is 5.02 Å². The zero-order valence-electron chi connectivity index (χ0n) is 16.1. The van der Waals surface area contributed by atoms with Crippen molar-refractivity contribution in [2.24, 2.45) is 0 Å². The van der Waals surface area contributed by atoms with Gasteiger partial charge in [0.15, 0.2) is 0 Å². The predicted molar refractivity (Wildman–Crippen MR) is 114 cm³/mol. The molecule has 0 aliphatic heterocycles. The molecule has 0 saturated heterocycles. The van der Waals surface area contributed by atoms with Gasteiger partial charge in [0.2, 0.25) is 5.91 Å². The van der Waals surface area contributed by atoms with Crippen LogP contribution in [0.5, 0.6) is 0 Å². The van der Waals surface area contributed by atoms with Crippen LogP contribution in [0.1, 0.15) is 22.3 Å². The molecule has 0 atom stereocenters. The van der Waals surface area contributed by atoms with E-state index in [0.29, 0.717) is 30.0 Å². The first-order chi connectivity index (χ1) is 13.4. The lowest BCUT2D eigenvalue weighted by atomic mass is 10.1. The number of amides is 1. The topological polar surface area (TPSA) is 20.3 Å². The summed E-state index contributed by atoms with van der Waals surface area (Å²) in [5.74, 6) is -0.355. The second-order valence-electron chi connectivity index (χ2n) is 6.96. The molecule has 0 heterocycles. The third-order valence-corrected chi connectivity index (χ3v) is 5.16. The van der Waals surface area contributed by atoms with Crippen LogP contribution in [0.25, 0.3) is 0 Å². The van der Waals surface area contributed by atoms with Gasteiger partial charge in [-0.25, -0.2) is 4.39 Å². The molecule has 1 amide bonds. The molecule has 0 unspecified atom stereocenters. The van der Waals surface area contributed by atoms with E-state index >= 15 is 0 Å². The average Bonchev–Trinajstić information content (AvgIpc) is 2.67. The molecule has 3 rings (SSSR count). The molecular weight excluding hydrogens is 373 g/mol. The molecule has 3 aromatic carbocycles. The first kappa shape index (κ1) is 20.1. The van der Waals surface area contributed by atoms with Crippen molar-refractivity contribution in [3.63, 3.8) is 0 Å². The molecular formula is C24H23ClFNO. The van der Waals surface area contributed by atoms with Gasteiger partial charge in [0.05, 0.1) is 6.42 Å². The van der Waals surface area contributed by atoms with E-state index in [0.717, 1.165) is 16.8 Å². The number of halogens is 2. The molecule has 0 aliphatic carbocycles. The maximum absolute atomic E-state index is 14.2. The summed E-state index contributed by atoms with van der Waals surface area (Å²) in [6.07, 6.45) is 0.716. The average molecular weight is 396 g/mol. The molecule has 0 fully saturated rings. The van der Waals surface area contributed by atoms with Crippen LogP contribution in [-0.4, -0.2) is 12.5 Å². The van der Waals surface area contributed by atoms with Crippen molar-refractivity contribution >= 4 is 23.2 Å². The van der Waals surface area contributed by atoms with Gasteiger partial charge < -0.3 is 4.90 Å². The first-order valence-corrected chi connectivity index (χ1v) is 9.67. The number of nitrogens with zero attached hydrogens (tertiary/aromatic N) is 1. The highest BCUT2D eigenvalue weighted by Crippen LogP contribution is 2.22. The van der Waals surface area contributed by atoms with Gasteiger partial charge in [0.1, 0.15) is 5.82 Å². The predicted octanol–water partition coefficient (Wildman–Crippen LogP) is 5.91. The van der Waals surface area contributed by atoms with E-state index in [-0.39, 0.29) is 11.7 Å². The van der Waals surface area contributed by atoms with Crippen molar-refractivity contribution in [1.29, 1.82) is 0 Å². The number of hydrogen-bond donors (Lipinski definition) is 0. The molecule has 28 heavy (non-hydrogen) atoms. The number of carbonyl (C=O) groups excluding carboxylic acids is 1. The van der Waals surface area contributed by atoms with Crippen molar-refractivity contribution in [2.45, 2.75) is 26.7 Å². The van der Waals surface area contributed by atoms with E-state index in [2.05, 4.69) is 0 Å². The Hall–Kier alpha value is -2.65. The third-order valence-electron chi connectivity index (χ3n) is 4.92. The molecule has 0 radical (unpaired) electrons. The number of aryl methyl sites for hydroxylation is 2. The molecule has 0 aliphatic rings. The van der Waals surface area contributed by atoms with E-state index in [1.807, 2.05) is 62.4 Å². The second kappa shape index (κ2) is 9.03. The number of benzene rings is 3. The van der Waals surface area contributed by atoms with E-state index in [1.54, 1.807) is 17.0 Å². The lowest BCUT2D eigenvalue weighted by Gasteiger charge is -2.24. The number of rotatable bonds is 6. The first-order valence-electron chi connectivity index (χ1n) is 9.29. The quantitative estimate of drug-likeness (QED) is 0.507. The minimum Gasteiger partial charge on any atom is -0.312 e. The third kappa shape index (κ3) is 4.99. The van der Waals surface area contributed by atoms with Crippen molar-refractivity contribution < 1.29 is 9.18 Å². The van der Waals surface area contributed by atoms with Crippen LogP contribution in [0, 0.1) is 19.7 Å². The molecule has 2 nitrogen and oxygen atoms in total. The summed E-state index contributed by atoms with van der Waals surface area (Å²) in [5.41, 5.74) is 4.62. The SMILES string of the molecule is Cc1ccc(N(CCc2ccc(Cl)cc2F)C(=O)Cc2ccccc2)cc1C. The highest BCUT2D eigenvalue weighted by Gasteiger charge is 2.17. The van der Waals surface area contributed by atoms with Crippen LogP contribution < -0.4 is 4.90 Å². The number of hydrogen-bond acceptors (Lipinski definition) is 1. The summed E-state index contributed by atoms with van der Waals surface area (Å²) in [6.45, 7) is 4.46. The monoisotopic (exact) mass is 395 g/mol. The van der Waals surface area contributed by atoms with E-state index in [9.17, 15) is 9.18 Å². The van der Waals surface area contributed by atoms with Crippen LogP contribution in [0.4, 0.5) is 10.1 Å². The molecule has 144 valence electrons. The Bertz CT molecular complexity index is 972. The Morgan fingerprint density at radius 3 is 2.39 bits per heavy atom.